The van der Waals surface area contributed by atoms with Crippen molar-refractivity contribution >= 4 is 29.2 Å². The number of hydrogen-bond acceptors (Lipinski definition) is 5. The summed E-state index contributed by atoms with van der Waals surface area (Å²) >= 11 is 0. The summed E-state index contributed by atoms with van der Waals surface area (Å²) in [6.07, 6.45) is 2.74. The molecule has 0 spiro atoms. The Kier molecular flexibility index (Phi) is 4.69. The molecule has 2 aromatic rings. The van der Waals surface area contributed by atoms with Gasteiger partial charge in [-0.05, 0) is 57.8 Å². The molecule has 5 rings (SSSR count). The fraction of sp³-hybridized carbons (Fsp3) is 0.588. The molecule has 1 N–H and O–H groups in total. The zero-order valence-electron chi connectivity index (χ0n) is 13.6. The first-order valence-electron chi connectivity index (χ1n) is 8.24. The fourth-order valence-electron chi connectivity index (χ4n) is 3.67. The predicted molar refractivity (Wildman–Crippen MR) is 93.6 cm³/mol. The van der Waals surface area contributed by atoms with Crippen LogP contribution in [0.1, 0.15) is 26.7 Å². The Labute approximate surface area is 142 Å². The molecule has 126 valence electrons. The van der Waals surface area contributed by atoms with E-state index < -0.39 is 0 Å². The Morgan fingerprint density at radius 1 is 1.30 bits per heavy atom. The molecular weight excluding hydrogens is 314 g/mol. The average molecular weight is 338 g/mol. The zero-order valence-corrected chi connectivity index (χ0v) is 14.4. The van der Waals surface area contributed by atoms with Gasteiger partial charge in [-0.3, -0.25) is 0 Å². The van der Waals surface area contributed by atoms with Gasteiger partial charge in [0.25, 0.3) is 0 Å². The van der Waals surface area contributed by atoms with Crippen molar-refractivity contribution in [2.24, 2.45) is 5.92 Å². The van der Waals surface area contributed by atoms with Gasteiger partial charge >= 0.3 is 0 Å². The van der Waals surface area contributed by atoms with Crippen molar-refractivity contribution in [3.63, 3.8) is 0 Å². The third-order valence-electron chi connectivity index (χ3n) is 4.79. The van der Waals surface area contributed by atoms with Crippen LogP contribution in [0.2, 0.25) is 0 Å². The van der Waals surface area contributed by atoms with Gasteiger partial charge in [-0.25, -0.2) is 0 Å². The van der Waals surface area contributed by atoms with E-state index in [1.807, 2.05) is 32.0 Å². The average Bonchev–Trinajstić information content (AvgIpc) is 2.90. The number of piperidine rings is 3. The molecule has 0 radical (unpaired) electrons. The standard InChI is InChI=1S/C17H23N3O2.ClH/c1-11(2)21-13-3-4-14-16(9-13)22-19-17(14)18-15-10-20-7-5-12(15)6-8-20;/h3-4,9,11-12,15H,5-8,10H2,1-2H3,(H,18,19);1H/t15-;/m1./s1. The number of anilines is 1. The number of nitrogens with zero attached hydrogens (tertiary/aromatic N) is 2. The van der Waals surface area contributed by atoms with Gasteiger partial charge < -0.3 is 19.5 Å². The van der Waals surface area contributed by atoms with Gasteiger partial charge in [0.05, 0.1) is 11.5 Å². The van der Waals surface area contributed by atoms with Gasteiger partial charge in [-0.1, -0.05) is 5.16 Å². The molecule has 2 bridgehead atoms. The molecule has 3 saturated heterocycles. The number of rotatable bonds is 4. The van der Waals surface area contributed by atoms with Gasteiger partial charge in [0, 0.05) is 18.7 Å². The Bertz CT molecular complexity index is 665. The van der Waals surface area contributed by atoms with E-state index in [9.17, 15) is 0 Å². The fourth-order valence-corrected chi connectivity index (χ4v) is 3.67. The van der Waals surface area contributed by atoms with E-state index in [1.54, 1.807) is 0 Å². The molecule has 6 heteroatoms. The van der Waals surface area contributed by atoms with Crippen LogP contribution < -0.4 is 10.1 Å². The monoisotopic (exact) mass is 337 g/mol. The van der Waals surface area contributed by atoms with E-state index in [1.165, 1.54) is 25.9 Å². The first-order chi connectivity index (χ1) is 10.7. The second-order valence-corrected chi connectivity index (χ2v) is 6.74. The van der Waals surface area contributed by atoms with Crippen molar-refractivity contribution in [3.05, 3.63) is 18.2 Å². The Balaban J connectivity index is 0.00000156. The number of ether oxygens (including phenoxy) is 1. The Hall–Kier alpha value is -1.46. The van der Waals surface area contributed by atoms with Crippen molar-refractivity contribution in [3.8, 4) is 5.75 Å². The van der Waals surface area contributed by atoms with E-state index in [2.05, 4.69) is 15.4 Å². The van der Waals surface area contributed by atoms with Crippen LogP contribution >= 0.6 is 12.4 Å². The number of halogens is 1. The summed E-state index contributed by atoms with van der Waals surface area (Å²) in [5.41, 5.74) is 0.780. The SMILES string of the molecule is CC(C)Oc1ccc2c(N[C@@H]3CN4CCC3CC4)noc2c1.Cl. The van der Waals surface area contributed by atoms with E-state index in [0.717, 1.165) is 35.0 Å². The lowest BCUT2D eigenvalue weighted by atomic mass is 9.84. The Morgan fingerprint density at radius 2 is 2.09 bits per heavy atom. The van der Waals surface area contributed by atoms with Crippen LogP contribution in [-0.4, -0.2) is 41.8 Å². The highest BCUT2D eigenvalue weighted by molar-refractivity contribution is 5.89. The van der Waals surface area contributed by atoms with Crippen molar-refractivity contribution in [1.82, 2.24) is 10.1 Å². The van der Waals surface area contributed by atoms with Crippen LogP contribution in [0.25, 0.3) is 11.0 Å². The first kappa shape index (κ1) is 16.4. The minimum atomic E-state index is 0. The van der Waals surface area contributed by atoms with Crippen LogP contribution in [-0.2, 0) is 0 Å². The van der Waals surface area contributed by atoms with Gasteiger partial charge in [-0.2, -0.15) is 0 Å². The molecule has 0 amide bonds. The minimum Gasteiger partial charge on any atom is -0.491 e. The minimum absolute atomic E-state index is 0. The number of fused-ring (bicyclic) bond motifs is 4. The molecule has 3 fully saturated rings. The summed E-state index contributed by atoms with van der Waals surface area (Å²) < 4.78 is 11.2. The van der Waals surface area contributed by atoms with E-state index in [4.69, 9.17) is 9.26 Å². The molecule has 1 aromatic heterocycles. The maximum atomic E-state index is 5.71. The molecule has 4 heterocycles. The highest BCUT2D eigenvalue weighted by atomic mass is 35.5. The van der Waals surface area contributed by atoms with Crippen LogP contribution in [0, 0.1) is 5.92 Å². The largest absolute Gasteiger partial charge is 0.491 e. The molecule has 0 aliphatic carbocycles. The molecule has 5 nitrogen and oxygen atoms in total. The molecule has 0 unspecified atom stereocenters. The smallest absolute Gasteiger partial charge is 0.177 e. The van der Waals surface area contributed by atoms with Gasteiger partial charge in [-0.15, -0.1) is 12.4 Å². The second kappa shape index (κ2) is 6.57. The maximum absolute atomic E-state index is 5.71. The lowest BCUT2D eigenvalue weighted by Gasteiger charge is -2.44. The normalized spacial score (nSPS) is 26.3. The van der Waals surface area contributed by atoms with Crippen molar-refractivity contribution < 1.29 is 9.26 Å². The highest BCUT2D eigenvalue weighted by Crippen LogP contribution is 2.32. The van der Waals surface area contributed by atoms with E-state index in [-0.39, 0.29) is 18.5 Å². The quantitative estimate of drug-likeness (QED) is 0.924. The number of hydrogen-bond donors (Lipinski definition) is 1. The number of nitrogens with one attached hydrogen (secondary N) is 1. The molecule has 1 atom stereocenters. The summed E-state index contributed by atoms with van der Waals surface area (Å²) in [5.74, 6) is 2.46. The summed E-state index contributed by atoms with van der Waals surface area (Å²) in [6.45, 7) is 7.65. The lowest BCUT2D eigenvalue weighted by Crippen LogP contribution is -2.53. The maximum Gasteiger partial charge on any atom is 0.177 e. The molecule has 23 heavy (non-hydrogen) atoms. The van der Waals surface area contributed by atoms with Gasteiger partial charge in [0.1, 0.15) is 5.75 Å². The van der Waals surface area contributed by atoms with Crippen LogP contribution in [0.4, 0.5) is 5.82 Å². The second-order valence-electron chi connectivity index (χ2n) is 6.74. The summed E-state index contributed by atoms with van der Waals surface area (Å²) in [7, 11) is 0. The van der Waals surface area contributed by atoms with Gasteiger partial charge in [0.2, 0.25) is 0 Å². The first-order valence-corrected chi connectivity index (χ1v) is 8.24. The molecule has 3 aliphatic heterocycles. The summed E-state index contributed by atoms with van der Waals surface area (Å²) in [6, 6.07) is 6.43. The molecule has 1 aromatic carbocycles. The lowest BCUT2D eigenvalue weighted by molar-refractivity contribution is 0.0973. The summed E-state index contributed by atoms with van der Waals surface area (Å²) in [5, 5.41) is 8.88. The Morgan fingerprint density at radius 3 is 2.74 bits per heavy atom. The van der Waals surface area contributed by atoms with E-state index >= 15 is 0 Å². The summed E-state index contributed by atoms with van der Waals surface area (Å²) in [4.78, 5) is 2.54. The number of benzene rings is 1. The number of aromatic nitrogens is 1. The van der Waals surface area contributed by atoms with Crippen LogP contribution in [0.5, 0.6) is 5.75 Å². The van der Waals surface area contributed by atoms with Crippen molar-refractivity contribution in [1.29, 1.82) is 0 Å². The predicted octanol–water partition coefficient (Wildman–Crippen LogP) is 3.54. The molecule has 3 aliphatic rings. The van der Waals surface area contributed by atoms with Crippen molar-refractivity contribution in [2.75, 3.05) is 25.0 Å². The van der Waals surface area contributed by atoms with Crippen LogP contribution in [0.3, 0.4) is 0 Å². The van der Waals surface area contributed by atoms with Crippen LogP contribution in [0.15, 0.2) is 22.7 Å². The molecule has 0 saturated carbocycles. The zero-order chi connectivity index (χ0) is 15.1. The van der Waals surface area contributed by atoms with Crippen molar-refractivity contribution in [2.45, 2.75) is 38.8 Å². The highest BCUT2D eigenvalue weighted by Gasteiger charge is 2.34. The van der Waals surface area contributed by atoms with E-state index in [0.29, 0.717) is 6.04 Å². The van der Waals surface area contributed by atoms with Gasteiger partial charge in [0.15, 0.2) is 11.4 Å². The molecular formula is C17H24ClN3O2. The third kappa shape index (κ3) is 3.26. The topological polar surface area (TPSA) is 50.5 Å². The third-order valence-corrected chi connectivity index (χ3v) is 4.79.